The third kappa shape index (κ3) is 12.6. The molecule has 2 aromatic carbocycles. The Bertz CT molecular complexity index is 2130. The second-order valence-corrected chi connectivity index (χ2v) is 16.4. The zero-order chi connectivity index (χ0) is 38.7. The van der Waals surface area contributed by atoms with E-state index in [1.165, 1.54) is 0 Å². The molecular formula is C40H48BrClN4O5S2. The number of nitrogens with one attached hydrogen (secondary N) is 1. The molecule has 9 nitrogen and oxygen atoms in total. The zero-order valence-corrected chi connectivity index (χ0v) is 35.4. The van der Waals surface area contributed by atoms with Crippen LogP contribution in [0.3, 0.4) is 0 Å². The number of fused-ring (bicyclic) bond motifs is 2. The number of aromatic nitrogens is 4. The molecule has 4 heterocycles. The summed E-state index contributed by atoms with van der Waals surface area (Å²) < 4.78 is 15.8. The van der Waals surface area contributed by atoms with E-state index in [-0.39, 0.29) is 17.3 Å². The number of aromatic hydroxyl groups is 1. The van der Waals surface area contributed by atoms with E-state index in [0.29, 0.717) is 46.2 Å². The molecule has 13 heteroatoms. The molecular weight excluding hydrogens is 796 g/mol. The maximum atomic E-state index is 12.5. The van der Waals surface area contributed by atoms with Crippen LogP contribution in [0.2, 0.25) is 5.02 Å². The average molecular weight is 844 g/mol. The number of rotatable bonds is 12. The first-order chi connectivity index (χ1) is 25.3. The third-order valence-corrected chi connectivity index (χ3v) is 10.8. The Morgan fingerprint density at radius 3 is 2.02 bits per heavy atom. The summed E-state index contributed by atoms with van der Waals surface area (Å²) in [6.45, 7) is 13.1. The molecule has 0 saturated heterocycles. The van der Waals surface area contributed by atoms with Crippen LogP contribution in [-0.2, 0) is 22.3 Å². The Morgan fingerprint density at radius 1 is 0.792 bits per heavy atom. The highest BCUT2D eigenvalue weighted by atomic mass is 79.9. The summed E-state index contributed by atoms with van der Waals surface area (Å²) in [4.78, 5) is 29.6. The second kappa shape index (κ2) is 20.3. The standard InChI is InChI=1S/C20H24N2O3S.C16H15ClN2OS.C4H9BrO/c1-12(2)7-20-22-18(11-26-20)17-9-19(23)15-6-5-14(8-16(15)21-17)25-10-13(3)24-4;1-9(2)5-16-19-15(8-21-16)14-7-12(17)11-4-3-10(20)6-13(11)18-14;1-4(3-5)6-2/h5-6,8-9,11-13H,7,10H2,1-4H3,(H,21,23);3-4,6-9,20H,5H2,1-2H3;4H,3H2,1-2H3. The highest BCUT2D eigenvalue weighted by Gasteiger charge is 2.13. The van der Waals surface area contributed by atoms with Crippen molar-refractivity contribution in [2.24, 2.45) is 11.8 Å². The lowest BCUT2D eigenvalue weighted by Gasteiger charge is -2.12. The summed E-state index contributed by atoms with van der Waals surface area (Å²) in [5.41, 5.74) is 4.51. The molecule has 0 spiro atoms. The van der Waals surface area contributed by atoms with Gasteiger partial charge in [-0.25, -0.2) is 15.0 Å². The van der Waals surface area contributed by atoms with Crippen molar-refractivity contribution < 1.29 is 19.3 Å². The molecule has 284 valence electrons. The Morgan fingerprint density at radius 2 is 1.42 bits per heavy atom. The van der Waals surface area contributed by atoms with E-state index < -0.39 is 0 Å². The van der Waals surface area contributed by atoms with Crippen LogP contribution in [-0.4, -0.2) is 63.4 Å². The summed E-state index contributed by atoms with van der Waals surface area (Å²) in [6, 6.07) is 13.9. The molecule has 0 aliphatic heterocycles. The molecule has 2 atom stereocenters. The van der Waals surface area contributed by atoms with Gasteiger partial charge in [-0.05, 0) is 56.0 Å². The number of thiazole rings is 2. The minimum Gasteiger partial charge on any atom is -0.508 e. The number of hydrogen-bond acceptors (Lipinski definition) is 10. The number of phenolic OH excluding ortho intramolecular Hbond substituents is 1. The highest BCUT2D eigenvalue weighted by Crippen LogP contribution is 2.31. The van der Waals surface area contributed by atoms with E-state index in [2.05, 4.69) is 63.6 Å². The summed E-state index contributed by atoms with van der Waals surface area (Å²) in [5, 5.41) is 18.8. The monoisotopic (exact) mass is 842 g/mol. The van der Waals surface area contributed by atoms with Gasteiger partial charge in [0.2, 0.25) is 0 Å². The van der Waals surface area contributed by atoms with Crippen molar-refractivity contribution in [3.8, 4) is 34.3 Å². The zero-order valence-electron chi connectivity index (χ0n) is 31.4. The fourth-order valence-corrected chi connectivity index (χ4v) is 7.40. The van der Waals surface area contributed by atoms with Crippen molar-refractivity contribution >= 4 is 72.0 Å². The molecule has 2 unspecified atom stereocenters. The Kier molecular flexibility index (Phi) is 16.3. The van der Waals surface area contributed by atoms with Crippen LogP contribution >= 0.6 is 50.2 Å². The fraction of sp³-hybridized carbons (Fsp3) is 0.400. The third-order valence-electron chi connectivity index (χ3n) is 7.86. The van der Waals surface area contributed by atoms with Crippen LogP contribution in [0.5, 0.6) is 11.5 Å². The van der Waals surface area contributed by atoms with Gasteiger partial charge in [0.05, 0.1) is 61.1 Å². The van der Waals surface area contributed by atoms with E-state index in [1.807, 2.05) is 42.8 Å². The number of phenols is 1. The minimum atomic E-state index is -0.0241. The summed E-state index contributed by atoms with van der Waals surface area (Å²) in [7, 11) is 3.35. The quantitative estimate of drug-likeness (QED) is 0.117. The molecule has 6 aromatic rings. The predicted octanol–water partition coefficient (Wildman–Crippen LogP) is 10.6. The number of halogens is 2. The van der Waals surface area contributed by atoms with E-state index in [1.54, 1.807) is 67.2 Å². The van der Waals surface area contributed by atoms with Gasteiger partial charge >= 0.3 is 0 Å². The van der Waals surface area contributed by atoms with E-state index >= 15 is 0 Å². The molecule has 0 aliphatic carbocycles. The van der Waals surface area contributed by atoms with Crippen molar-refractivity contribution in [3.63, 3.8) is 0 Å². The first-order valence-corrected chi connectivity index (χ1v) is 20.7. The van der Waals surface area contributed by atoms with Gasteiger partial charge in [-0.15, -0.1) is 22.7 Å². The van der Waals surface area contributed by atoms with Crippen molar-refractivity contribution in [2.75, 3.05) is 26.2 Å². The number of ether oxygens (including phenoxy) is 3. The molecule has 0 bridgehead atoms. The number of benzene rings is 2. The largest absolute Gasteiger partial charge is 0.508 e. The van der Waals surface area contributed by atoms with Crippen LogP contribution in [0.1, 0.15) is 51.6 Å². The summed E-state index contributed by atoms with van der Waals surface area (Å²) in [5.74, 6) is 2.02. The Labute approximate surface area is 332 Å². The highest BCUT2D eigenvalue weighted by molar-refractivity contribution is 9.09. The molecule has 53 heavy (non-hydrogen) atoms. The van der Waals surface area contributed by atoms with Crippen molar-refractivity contribution in [3.05, 3.63) is 84.6 Å². The van der Waals surface area contributed by atoms with Crippen LogP contribution in [0, 0.1) is 11.8 Å². The van der Waals surface area contributed by atoms with Gasteiger partial charge < -0.3 is 24.3 Å². The lowest BCUT2D eigenvalue weighted by molar-refractivity contribution is 0.0717. The summed E-state index contributed by atoms with van der Waals surface area (Å²) >= 11 is 12.8. The smallest absolute Gasteiger partial charge is 0.190 e. The van der Waals surface area contributed by atoms with Crippen molar-refractivity contribution in [2.45, 2.75) is 66.6 Å². The number of aromatic amines is 1. The van der Waals surface area contributed by atoms with Gasteiger partial charge in [0.15, 0.2) is 5.43 Å². The molecule has 0 amide bonds. The number of nitrogens with zero attached hydrogens (tertiary/aromatic N) is 3. The van der Waals surface area contributed by atoms with Crippen molar-refractivity contribution in [1.82, 2.24) is 19.9 Å². The number of hydrogen-bond donors (Lipinski definition) is 2. The lowest BCUT2D eigenvalue weighted by atomic mass is 10.1. The maximum Gasteiger partial charge on any atom is 0.190 e. The van der Waals surface area contributed by atoms with Crippen LogP contribution < -0.4 is 10.2 Å². The van der Waals surface area contributed by atoms with Gasteiger partial charge in [-0.2, -0.15) is 0 Å². The second-order valence-electron chi connectivity index (χ2n) is 13.5. The lowest BCUT2D eigenvalue weighted by Crippen LogP contribution is -2.16. The first-order valence-electron chi connectivity index (χ1n) is 17.4. The van der Waals surface area contributed by atoms with Gasteiger partial charge in [0.1, 0.15) is 18.1 Å². The van der Waals surface area contributed by atoms with E-state index in [0.717, 1.165) is 61.9 Å². The Balaban J connectivity index is 0.000000209. The predicted molar refractivity (Wildman–Crippen MR) is 225 cm³/mol. The van der Waals surface area contributed by atoms with Crippen molar-refractivity contribution in [1.29, 1.82) is 0 Å². The SMILES string of the molecule is CC(C)Cc1nc(-c2cc(Cl)c3ccc(O)cc3n2)cs1.COC(C)CBr.COC(C)COc1ccc2c(=O)cc(-c3csc(CC(C)C)n3)[nH]c2c1. The van der Waals surface area contributed by atoms with E-state index in [4.69, 9.17) is 25.8 Å². The topological polar surface area (TPSA) is 119 Å². The molecule has 6 rings (SSSR count). The van der Waals surface area contributed by atoms with Crippen LogP contribution in [0.15, 0.2) is 64.1 Å². The molecule has 0 saturated carbocycles. The number of alkyl halides is 1. The number of pyridine rings is 2. The van der Waals surface area contributed by atoms with Gasteiger partial charge in [0, 0.05) is 72.1 Å². The molecule has 0 fully saturated rings. The molecule has 0 radical (unpaired) electrons. The number of methoxy groups -OCH3 is 2. The average Bonchev–Trinajstić information content (AvgIpc) is 3.79. The fourth-order valence-electron chi connectivity index (χ4n) is 4.86. The van der Waals surface area contributed by atoms with Gasteiger partial charge in [0.25, 0.3) is 0 Å². The van der Waals surface area contributed by atoms with Crippen LogP contribution in [0.25, 0.3) is 44.6 Å². The maximum absolute atomic E-state index is 12.5. The van der Waals surface area contributed by atoms with Gasteiger partial charge in [-0.1, -0.05) is 55.2 Å². The first kappa shape index (κ1) is 42.4. The normalized spacial score (nSPS) is 12.4. The van der Waals surface area contributed by atoms with Crippen LogP contribution in [0.4, 0.5) is 0 Å². The summed E-state index contributed by atoms with van der Waals surface area (Å²) in [6.07, 6.45) is 2.26. The molecule has 2 N–H and O–H groups in total. The Hall–Kier alpha value is -3.39. The van der Waals surface area contributed by atoms with Gasteiger partial charge in [-0.3, -0.25) is 4.79 Å². The molecule has 0 aliphatic rings. The molecule has 4 aromatic heterocycles. The minimum absolute atomic E-state index is 0.00506. The number of H-pyrrole nitrogens is 1. The van der Waals surface area contributed by atoms with E-state index in [9.17, 15) is 9.90 Å².